The minimum atomic E-state index is -0.386. The number of hydrogen-bond donors (Lipinski definition) is 3. The zero-order chi connectivity index (χ0) is 20.6. The lowest BCUT2D eigenvalue weighted by Gasteiger charge is -2.11. The van der Waals surface area contributed by atoms with E-state index in [0.29, 0.717) is 35.7 Å². The molecule has 3 N–H and O–H groups in total. The van der Waals surface area contributed by atoms with Crippen molar-refractivity contribution in [2.24, 2.45) is 0 Å². The maximum absolute atomic E-state index is 12.4. The summed E-state index contributed by atoms with van der Waals surface area (Å²) in [5.41, 5.74) is 2.21. The molecule has 0 saturated heterocycles. The second-order valence-electron chi connectivity index (χ2n) is 6.16. The molecule has 146 valence electrons. The van der Waals surface area contributed by atoms with Crippen molar-refractivity contribution in [2.45, 2.75) is 6.92 Å². The van der Waals surface area contributed by atoms with Crippen LogP contribution in [-0.4, -0.2) is 29.9 Å². The third-order valence-corrected chi connectivity index (χ3v) is 4.12. The smallest absolute Gasteiger partial charge is 0.291 e. The number of amides is 2. The van der Waals surface area contributed by atoms with E-state index >= 15 is 0 Å². The molecule has 0 spiro atoms. The Morgan fingerprint density at radius 3 is 2.76 bits per heavy atom. The molecule has 0 aliphatic rings. The quantitative estimate of drug-likeness (QED) is 0.534. The summed E-state index contributed by atoms with van der Waals surface area (Å²) in [7, 11) is 0. The van der Waals surface area contributed by atoms with Crippen LogP contribution in [0.4, 0.5) is 11.5 Å². The first-order chi connectivity index (χ1) is 14.1. The molecule has 2 heterocycles. The summed E-state index contributed by atoms with van der Waals surface area (Å²) < 4.78 is 5.08. The third kappa shape index (κ3) is 4.99. The molecule has 0 aliphatic heterocycles. The van der Waals surface area contributed by atoms with E-state index < -0.39 is 0 Å². The number of pyridine rings is 1. The molecule has 29 heavy (non-hydrogen) atoms. The molecule has 0 atom stereocenters. The van der Waals surface area contributed by atoms with Gasteiger partial charge in [-0.2, -0.15) is 5.26 Å². The number of carbonyl (C=O) groups is 2. The molecular formula is C21H19N5O3. The average Bonchev–Trinajstić information content (AvgIpc) is 3.28. The van der Waals surface area contributed by atoms with Crippen molar-refractivity contribution in [3.63, 3.8) is 0 Å². The van der Waals surface area contributed by atoms with E-state index in [-0.39, 0.29) is 17.6 Å². The van der Waals surface area contributed by atoms with Gasteiger partial charge >= 0.3 is 0 Å². The van der Waals surface area contributed by atoms with Gasteiger partial charge in [0.05, 0.1) is 11.8 Å². The first-order valence-electron chi connectivity index (χ1n) is 8.91. The summed E-state index contributed by atoms with van der Waals surface area (Å²) in [5.74, 6) is 0.00411. The van der Waals surface area contributed by atoms with Gasteiger partial charge in [0.2, 0.25) is 0 Å². The van der Waals surface area contributed by atoms with Crippen molar-refractivity contribution < 1.29 is 14.0 Å². The standard InChI is InChI=1S/C21H19N5O3/c1-14-6-7-15(12-17(14)26-21(28)18-5-3-11-29-18)20(27)25-10-9-24-19-16(13-22)4-2-8-23-19/h2-8,11-12H,9-10H2,1H3,(H,23,24)(H,25,27)(H,26,28). The van der Waals surface area contributed by atoms with Gasteiger partial charge in [0, 0.05) is 30.5 Å². The number of carbonyl (C=O) groups excluding carboxylic acids is 2. The number of aromatic nitrogens is 1. The average molecular weight is 389 g/mol. The number of rotatable bonds is 7. The van der Waals surface area contributed by atoms with E-state index in [2.05, 4.69) is 27.0 Å². The highest BCUT2D eigenvalue weighted by molar-refractivity contribution is 6.03. The van der Waals surface area contributed by atoms with Crippen molar-refractivity contribution in [1.82, 2.24) is 10.3 Å². The number of hydrogen-bond acceptors (Lipinski definition) is 6. The number of nitrogens with zero attached hydrogens (tertiary/aromatic N) is 2. The van der Waals surface area contributed by atoms with Crippen molar-refractivity contribution in [2.75, 3.05) is 23.7 Å². The lowest BCUT2D eigenvalue weighted by atomic mass is 10.1. The van der Waals surface area contributed by atoms with Crippen LogP contribution in [0.15, 0.2) is 59.3 Å². The summed E-state index contributed by atoms with van der Waals surface area (Å²) in [6, 6.07) is 13.7. The van der Waals surface area contributed by atoms with Crippen LogP contribution >= 0.6 is 0 Å². The topological polar surface area (TPSA) is 120 Å². The Balaban J connectivity index is 1.57. The molecule has 0 unspecified atom stereocenters. The number of nitriles is 1. The van der Waals surface area contributed by atoms with Gasteiger partial charge in [-0.3, -0.25) is 9.59 Å². The minimum Gasteiger partial charge on any atom is -0.459 e. The highest BCUT2D eigenvalue weighted by atomic mass is 16.3. The Hall–Kier alpha value is -4.12. The van der Waals surface area contributed by atoms with E-state index in [4.69, 9.17) is 9.68 Å². The Morgan fingerprint density at radius 1 is 1.14 bits per heavy atom. The minimum absolute atomic E-state index is 0.191. The fraction of sp³-hybridized carbons (Fsp3) is 0.143. The Morgan fingerprint density at radius 2 is 2.00 bits per heavy atom. The summed E-state index contributed by atoms with van der Waals surface area (Å²) in [4.78, 5) is 28.7. The summed E-state index contributed by atoms with van der Waals surface area (Å²) >= 11 is 0. The van der Waals surface area contributed by atoms with Crippen molar-refractivity contribution in [3.05, 3.63) is 77.4 Å². The van der Waals surface area contributed by atoms with Gasteiger partial charge in [-0.05, 0) is 48.9 Å². The van der Waals surface area contributed by atoms with Gasteiger partial charge in [-0.25, -0.2) is 4.98 Å². The molecule has 0 saturated carbocycles. The lowest BCUT2D eigenvalue weighted by Crippen LogP contribution is -2.29. The van der Waals surface area contributed by atoms with Crippen LogP contribution in [0.25, 0.3) is 0 Å². The highest BCUT2D eigenvalue weighted by Crippen LogP contribution is 2.18. The van der Waals surface area contributed by atoms with Crippen LogP contribution in [0.1, 0.15) is 32.0 Å². The maximum atomic E-state index is 12.4. The van der Waals surface area contributed by atoms with Gasteiger partial charge in [0.15, 0.2) is 5.76 Å². The molecule has 2 amide bonds. The first kappa shape index (κ1) is 19.6. The number of furan rings is 1. The van der Waals surface area contributed by atoms with E-state index in [1.165, 1.54) is 6.26 Å². The van der Waals surface area contributed by atoms with Crippen molar-refractivity contribution in [1.29, 1.82) is 5.26 Å². The van der Waals surface area contributed by atoms with E-state index in [0.717, 1.165) is 5.56 Å². The molecule has 0 radical (unpaired) electrons. The van der Waals surface area contributed by atoms with Gasteiger partial charge in [0.1, 0.15) is 11.9 Å². The largest absolute Gasteiger partial charge is 0.459 e. The number of benzene rings is 1. The number of aryl methyl sites for hydroxylation is 1. The van der Waals surface area contributed by atoms with Crippen LogP contribution in [0, 0.1) is 18.3 Å². The van der Waals surface area contributed by atoms with Crippen LogP contribution in [0.2, 0.25) is 0 Å². The molecule has 0 aliphatic carbocycles. The molecule has 8 nitrogen and oxygen atoms in total. The van der Waals surface area contributed by atoms with Crippen LogP contribution in [-0.2, 0) is 0 Å². The first-order valence-corrected chi connectivity index (χ1v) is 8.91. The van der Waals surface area contributed by atoms with Crippen molar-refractivity contribution in [3.8, 4) is 6.07 Å². The van der Waals surface area contributed by atoms with Crippen LogP contribution in [0.5, 0.6) is 0 Å². The molecule has 8 heteroatoms. The van der Waals surface area contributed by atoms with E-state index in [1.807, 2.05) is 6.92 Å². The molecule has 1 aromatic carbocycles. The van der Waals surface area contributed by atoms with Gasteiger partial charge in [-0.15, -0.1) is 0 Å². The number of nitrogens with one attached hydrogen (secondary N) is 3. The lowest BCUT2D eigenvalue weighted by molar-refractivity contribution is 0.0953. The highest BCUT2D eigenvalue weighted by Gasteiger charge is 2.13. The van der Waals surface area contributed by atoms with E-state index in [9.17, 15) is 9.59 Å². The second kappa shape index (κ2) is 9.19. The third-order valence-electron chi connectivity index (χ3n) is 4.12. The molecule has 2 aromatic heterocycles. The monoisotopic (exact) mass is 389 g/mol. The molecule has 3 rings (SSSR count). The fourth-order valence-corrected chi connectivity index (χ4v) is 2.58. The van der Waals surface area contributed by atoms with Crippen molar-refractivity contribution >= 4 is 23.3 Å². The van der Waals surface area contributed by atoms with Crippen LogP contribution < -0.4 is 16.0 Å². The zero-order valence-electron chi connectivity index (χ0n) is 15.7. The number of anilines is 2. The zero-order valence-corrected chi connectivity index (χ0v) is 15.7. The molecule has 0 fully saturated rings. The Kier molecular flexibility index (Phi) is 6.22. The summed E-state index contributed by atoms with van der Waals surface area (Å²) in [6.45, 7) is 2.58. The van der Waals surface area contributed by atoms with Gasteiger partial charge in [0.25, 0.3) is 11.8 Å². The molecule has 0 bridgehead atoms. The Bertz CT molecular complexity index is 1050. The maximum Gasteiger partial charge on any atom is 0.291 e. The normalized spacial score (nSPS) is 10.1. The summed E-state index contributed by atoms with van der Waals surface area (Å²) in [6.07, 6.45) is 3.01. The SMILES string of the molecule is Cc1ccc(C(=O)NCCNc2ncccc2C#N)cc1NC(=O)c1ccco1. The van der Waals surface area contributed by atoms with Gasteiger partial charge < -0.3 is 20.4 Å². The fourth-order valence-electron chi connectivity index (χ4n) is 2.58. The predicted molar refractivity (Wildman–Crippen MR) is 108 cm³/mol. The van der Waals surface area contributed by atoms with Crippen LogP contribution in [0.3, 0.4) is 0 Å². The second-order valence-corrected chi connectivity index (χ2v) is 6.16. The Labute approximate surface area is 167 Å². The summed E-state index contributed by atoms with van der Waals surface area (Å²) in [5, 5.41) is 17.6. The van der Waals surface area contributed by atoms with E-state index in [1.54, 1.807) is 48.7 Å². The molecule has 3 aromatic rings. The van der Waals surface area contributed by atoms with Gasteiger partial charge in [-0.1, -0.05) is 6.07 Å². The molecular weight excluding hydrogens is 370 g/mol. The predicted octanol–water partition coefficient (Wildman–Crippen LogP) is 2.95.